The molecule has 1 unspecified atom stereocenters. The molecule has 0 bridgehead atoms. The van der Waals surface area contributed by atoms with Crippen LogP contribution in [-0.4, -0.2) is 16.7 Å². The Morgan fingerprint density at radius 1 is 1.33 bits per heavy atom. The molecular weight excluding hydrogens is 230 g/mol. The maximum Gasteiger partial charge on any atom is 0.243 e. The van der Waals surface area contributed by atoms with Crippen LogP contribution in [0.5, 0.6) is 0 Å². The third-order valence-corrected chi connectivity index (χ3v) is 2.82. The van der Waals surface area contributed by atoms with Gasteiger partial charge < -0.3 is 15.0 Å². The quantitative estimate of drug-likeness (QED) is 0.875. The molecule has 5 nitrogen and oxygen atoms in total. The molecule has 0 saturated heterocycles. The Hall–Kier alpha value is -0.940. The van der Waals surface area contributed by atoms with E-state index < -0.39 is 0 Å². The summed E-state index contributed by atoms with van der Waals surface area (Å²) in [6.45, 7) is 12.9. The lowest BCUT2D eigenvalue weighted by atomic mass is 9.88. The average Bonchev–Trinajstić information content (AvgIpc) is 2.71. The van der Waals surface area contributed by atoms with Crippen LogP contribution in [0, 0.1) is 11.3 Å². The van der Waals surface area contributed by atoms with Crippen molar-refractivity contribution in [3.05, 3.63) is 11.7 Å². The van der Waals surface area contributed by atoms with Gasteiger partial charge in [0, 0.05) is 6.61 Å². The lowest BCUT2D eigenvalue weighted by molar-refractivity contribution is -0.0203. The minimum Gasteiger partial charge on any atom is -0.370 e. The van der Waals surface area contributed by atoms with Gasteiger partial charge in [0.1, 0.15) is 6.10 Å². The molecule has 1 heterocycles. The first-order valence-corrected chi connectivity index (χ1v) is 6.48. The highest BCUT2D eigenvalue weighted by Crippen LogP contribution is 2.34. The van der Waals surface area contributed by atoms with Crippen molar-refractivity contribution < 1.29 is 9.26 Å². The van der Waals surface area contributed by atoms with Crippen LogP contribution in [0.1, 0.15) is 65.4 Å². The van der Waals surface area contributed by atoms with Crippen molar-refractivity contribution in [3.8, 4) is 0 Å². The number of hydrogen-bond donors (Lipinski definition) is 1. The molecule has 0 aliphatic rings. The third kappa shape index (κ3) is 3.53. The van der Waals surface area contributed by atoms with Gasteiger partial charge in [-0.25, -0.2) is 0 Å². The minimum absolute atomic E-state index is 0.0842. The molecule has 2 N–H and O–H groups in total. The molecule has 2 atom stereocenters. The van der Waals surface area contributed by atoms with Gasteiger partial charge in [-0.15, -0.1) is 0 Å². The number of ether oxygens (including phenoxy) is 1. The summed E-state index contributed by atoms with van der Waals surface area (Å²) in [6.07, 6.45) is -0.181. The first-order chi connectivity index (χ1) is 8.27. The highest BCUT2D eigenvalue weighted by molar-refractivity contribution is 4.99. The topological polar surface area (TPSA) is 74.2 Å². The van der Waals surface area contributed by atoms with Gasteiger partial charge in [0.2, 0.25) is 11.7 Å². The van der Waals surface area contributed by atoms with E-state index in [0.29, 0.717) is 18.3 Å². The molecule has 0 aliphatic carbocycles. The van der Waals surface area contributed by atoms with E-state index in [0.717, 1.165) is 0 Å². The fourth-order valence-corrected chi connectivity index (χ4v) is 1.65. The van der Waals surface area contributed by atoms with Crippen LogP contribution < -0.4 is 5.73 Å². The predicted octanol–water partition coefficient (Wildman–Crippen LogP) is 2.85. The van der Waals surface area contributed by atoms with Crippen molar-refractivity contribution in [3.63, 3.8) is 0 Å². The van der Waals surface area contributed by atoms with E-state index in [1.165, 1.54) is 0 Å². The summed E-state index contributed by atoms with van der Waals surface area (Å²) in [5.74, 6) is 1.32. The number of nitrogens with two attached hydrogens (primary N) is 1. The zero-order valence-electron chi connectivity index (χ0n) is 12.2. The molecule has 0 aliphatic heterocycles. The molecule has 0 spiro atoms. The van der Waals surface area contributed by atoms with Crippen LogP contribution in [0.25, 0.3) is 0 Å². The molecule has 18 heavy (non-hydrogen) atoms. The van der Waals surface area contributed by atoms with Crippen LogP contribution in [0.4, 0.5) is 0 Å². The number of hydrogen-bond acceptors (Lipinski definition) is 5. The van der Waals surface area contributed by atoms with Gasteiger partial charge >= 0.3 is 0 Å². The first-order valence-electron chi connectivity index (χ1n) is 6.48. The zero-order valence-corrected chi connectivity index (χ0v) is 12.2. The van der Waals surface area contributed by atoms with Crippen molar-refractivity contribution in [2.75, 3.05) is 6.61 Å². The SMILES string of the molecule is CCOC(c1noc([C@H](N)C(C)C)n1)C(C)(C)C. The monoisotopic (exact) mass is 255 g/mol. The lowest BCUT2D eigenvalue weighted by Crippen LogP contribution is -2.23. The van der Waals surface area contributed by atoms with Crippen molar-refractivity contribution in [1.29, 1.82) is 0 Å². The Kier molecular flexibility index (Phi) is 4.87. The largest absolute Gasteiger partial charge is 0.370 e. The van der Waals surface area contributed by atoms with E-state index in [2.05, 4.69) is 30.9 Å². The summed E-state index contributed by atoms with van der Waals surface area (Å²) in [6, 6.07) is -0.228. The smallest absolute Gasteiger partial charge is 0.243 e. The van der Waals surface area contributed by atoms with Gasteiger partial charge in [0.25, 0.3) is 0 Å². The molecule has 1 aromatic heterocycles. The highest BCUT2D eigenvalue weighted by atomic mass is 16.5. The van der Waals surface area contributed by atoms with Gasteiger partial charge in [-0.2, -0.15) is 4.98 Å². The van der Waals surface area contributed by atoms with Crippen molar-refractivity contribution >= 4 is 0 Å². The molecule has 1 rings (SSSR count). The molecular formula is C13H25N3O2. The second-order valence-corrected chi connectivity index (χ2v) is 5.96. The molecule has 0 radical (unpaired) electrons. The summed E-state index contributed by atoms with van der Waals surface area (Å²) in [5.41, 5.74) is 5.91. The lowest BCUT2D eigenvalue weighted by Gasteiger charge is -2.27. The second-order valence-electron chi connectivity index (χ2n) is 5.96. The Balaban J connectivity index is 2.95. The number of rotatable bonds is 5. The maximum absolute atomic E-state index is 6.00. The van der Waals surface area contributed by atoms with Gasteiger partial charge in [0.05, 0.1) is 6.04 Å². The van der Waals surface area contributed by atoms with Crippen LogP contribution in [0.15, 0.2) is 4.52 Å². The molecule has 0 saturated carbocycles. The highest BCUT2D eigenvalue weighted by Gasteiger charge is 2.32. The van der Waals surface area contributed by atoms with E-state index >= 15 is 0 Å². The summed E-state index contributed by atoms with van der Waals surface area (Å²) in [7, 11) is 0. The summed E-state index contributed by atoms with van der Waals surface area (Å²) < 4.78 is 11.0. The Bertz CT molecular complexity index is 369. The molecule has 0 aromatic carbocycles. The van der Waals surface area contributed by atoms with Crippen LogP contribution in [0.3, 0.4) is 0 Å². The fourth-order valence-electron chi connectivity index (χ4n) is 1.65. The van der Waals surface area contributed by atoms with E-state index in [4.69, 9.17) is 15.0 Å². The molecule has 0 fully saturated rings. The summed E-state index contributed by atoms with van der Waals surface area (Å²) >= 11 is 0. The summed E-state index contributed by atoms with van der Waals surface area (Å²) in [5, 5.41) is 4.01. The fraction of sp³-hybridized carbons (Fsp3) is 0.846. The first kappa shape index (κ1) is 15.1. The van der Waals surface area contributed by atoms with Gasteiger partial charge in [-0.05, 0) is 18.3 Å². The molecule has 1 aromatic rings. The minimum atomic E-state index is -0.228. The van der Waals surface area contributed by atoms with Gasteiger partial charge in [0.15, 0.2) is 0 Å². The van der Waals surface area contributed by atoms with E-state index in [1.807, 2.05) is 20.8 Å². The Morgan fingerprint density at radius 3 is 2.39 bits per heavy atom. The zero-order chi connectivity index (χ0) is 13.9. The Labute approximate surface area is 109 Å². The molecule has 104 valence electrons. The van der Waals surface area contributed by atoms with Crippen molar-refractivity contribution in [2.45, 2.75) is 53.7 Å². The van der Waals surface area contributed by atoms with Crippen LogP contribution in [0.2, 0.25) is 0 Å². The number of aromatic nitrogens is 2. The van der Waals surface area contributed by atoms with E-state index in [9.17, 15) is 0 Å². The van der Waals surface area contributed by atoms with Crippen LogP contribution in [-0.2, 0) is 4.74 Å². The third-order valence-electron chi connectivity index (χ3n) is 2.82. The summed E-state index contributed by atoms with van der Waals surface area (Å²) in [4.78, 5) is 4.39. The van der Waals surface area contributed by atoms with E-state index in [-0.39, 0.29) is 23.5 Å². The maximum atomic E-state index is 6.00. The predicted molar refractivity (Wildman–Crippen MR) is 69.9 cm³/mol. The van der Waals surface area contributed by atoms with Crippen molar-refractivity contribution in [1.82, 2.24) is 10.1 Å². The standard InChI is InChI=1S/C13H25N3O2/c1-7-17-10(13(4,5)6)11-15-12(18-16-11)9(14)8(2)3/h8-10H,7,14H2,1-6H3/t9-,10?/m1/s1. The molecule has 0 amide bonds. The average molecular weight is 255 g/mol. The molecule has 5 heteroatoms. The van der Waals surface area contributed by atoms with Crippen LogP contribution >= 0.6 is 0 Å². The van der Waals surface area contributed by atoms with Gasteiger partial charge in [-0.3, -0.25) is 0 Å². The number of nitrogens with zero attached hydrogens (tertiary/aromatic N) is 2. The van der Waals surface area contributed by atoms with E-state index in [1.54, 1.807) is 0 Å². The van der Waals surface area contributed by atoms with Gasteiger partial charge in [-0.1, -0.05) is 39.8 Å². The Morgan fingerprint density at radius 2 is 1.94 bits per heavy atom. The normalized spacial score (nSPS) is 16.0. The van der Waals surface area contributed by atoms with Crippen molar-refractivity contribution in [2.24, 2.45) is 17.1 Å². The second kappa shape index (κ2) is 5.80.